The largest absolute Gasteiger partial charge is 1.00 e. The Kier molecular flexibility index (Phi) is 13.5. The van der Waals surface area contributed by atoms with Crippen molar-refractivity contribution in [2.45, 2.75) is 9.79 Å². The van der Waals surface area contributed by atoms with Crippen LogP contribution in [0.5, 0.6) is 0 Å². The number of amides is 2. The Morgan fingerprint density at radius 2 is 1.17 bits per heavy atom. The van der Waals surface area contributed by atoms with Gasteiger partial charge in [-0.1, -0.05) is 36.5 Å². The zero-order chi connectivity index (χ0) is 33.1. The smallest absolute Gasteiger partial charge is 0.744 e. The van der Waals surface area contributed by atoms with Crippen molar-refractivity contribution in [3.8, 4) is 0 Å². The molecule has 2 amide bonds. The maximum atomic E-state index is 12.9. The standard InChI is InChI=1S/C27H20N4O12S2.2Na/c32-24-20(22(26(34)35)28-30(24)16-8-12-18(13-9-16)44(38,39)40)6-4-2-1-3-5-7-21-23(27(36)37)29-31(25(21)33)17-10-14-19(15-11-17)45(41,42)43;;/h1-15,20H,(H,34,35)(H,36,37)(H,38,39,40)(H,41,42,43);;/q;2*+1/p-2/b2-1+,5-3+,6-4+,21-7-;;. The van der Waals surface area contributed by atoms with Gasteiger partial charge in [0.25, 0.3) is 11.8 Å². The number of benzene rings is 2. The summed E-state index contributed by atoms with van der Waals surface area (Å²) < 4.78 is 66.7. The molecule has 2 aliphatic rings. The molecule has 2 heterocycles. The van der Waals surface area contributed by atoms with Crippen molar-refractivity contribution < 1.29 is 114 Å². The zero-order valence-electron chi connectivity index (χ0n) is 24.3. The summed E-state index contributed by atoms with van der Waals surface area (Å²) in [7, 11) is -9.47. The van der Waals surface area contributed by atoms with E-state index >= 15 is 0 Å². The first-order chi connectivity index (χ1) is 21.1. The van der Waals surface area contributed by atoms with Crippen molar-refractivity contribution >= 4 is 66.8 Å². The summed E-state index contributed by atoms with van der Waals surface area (Å²) in [6.45, 7) is 0. The van der Waals surface area contributed by atoms with E-state index in [1.54, 1.807) is 0 Å². The van der Waals surface area contributed by atoms with E-state index in [-0.39, 0.29) is 76.1 Å². The Balaban J connectivity index is 0.00000384. The summed E-state index contributed by atoms with van der Waals surface area (Å²) in [6, 6.07) is 8.30. The first kappa shape index (κ1) is 39.6. The number of hydrogen-bond acceptors (Lipinski definition) is 12. The molecule has 2 aromatic carbocycles. The van der Waals surface area contributed by atoms with E-state index in [1.165, 1.54) is 36.5 Å². The van der Waals surface area contributed by atoms with Crippen LogP contribution in [0.15, 0.2) is 117 Å². The van der Waals surface area contributed by atoms with Gasteiger partial charge < -0.3 is 19.3 Å². The minimum atomic E-state index is -4.74. The molecule has 0 spiro atoms. The molecule has 20 heteroatoms. The van der Waals surface area contributed by atoms with Crippen molar-refractivity contribution in [3.05, 3.63) is 96.6 Å². The van der Waals surface area contributed by atoms with Crippen LogP contribution in [0.25, 0.3) is 0 Å². The second-order valence-electron chi connectivity index (χ2n) is 8.92. The second-order valence-corrected chi connectivity index (χ2v) is 11.7. The van der Waals surface area contributed by atoms with Gasteiger partial charge in [-0.05, 0) is 54.6 Å². The summed E-state index contributed by atoms with van der Waals surface area (Å²) in [6.07, 6.45) is 9.27. The molecule has 1 unspecified atom stereocenters. The van der Waals surface area contributed by atoms with Crippen LogP contribution in [0.2, 0.25) is 0 Å². The summed E-state index contributed by atoms with van der Waals surface area (Å²) in [5.74, 6) is -5.90. The Labute approximate surface area is 311 Å². The summed E-state index contributed by atoms with van der Waals surface area (Å²) in [5.41, 5.74) is -1.36. The number of hydrogen-bond donors (Lipinski definition) is 2. The predicted octanol–water partition coefficient (Wildman–Crippen LogP) is -5.01. The Bertz CT molecular complexity index is 2000. The molecule has 0 fully saturated rings. The number of nitrogens with zero attached hydrogens (tertiary/aromatic N) is 4. The molecule has 47 heavy (non-hydrogen) atoms. The number of hydrazone groups is 2. The number of rotatable bonds is 10. The van der Waals surface area contributed by atoms with Gasteiger partial charge in [-0.15, -0.1) is 0 Å². The number of carbonyl (C=O) groups excluding carboxylic acids is 2. The fourth-order valence-corrected chi connectivity index (χ4v) is 4.87. The first-order valence-electron chi connectivity index (χ1n) is 12.3. The van der Waals surface area contributed by atoms with Crippen molar-refractivity contribution in [1.29, 1.82) is 0 Å². The molecule has 2 aliphatic heterocycles. The van der Waals surface area contributed by atoms with E-state index in [2.05, 4.69) is 10.2 Å². The molecular weight excluding hydrogens is 682 g/mol. The molecule has 16 nitrogen and oxygen atoms in total. The molecule has 1 atom stereocenters. The van der Waals surface area contributed by atoms with Crippen molar-refractivity contribution in [3.63, 3.8) is 0 Å². The number of aliphatic carboxylic acids is 2. The maximum absolute atomic E-state index is 12.9. The second kappa shape index (κ2) is 16.0. The number of allylic oxidation sites excluding steroid dienone is 6. The van der Waals surface area contributed by atoms with Crippen LogP contribution < -0.4 is 69.1 Å². The zero-order valence-corrected chi connectivity index (χ0v) is 30.0. The third-order valence-corrected chi connectivity index (χ3v) is 7.73. The van der Waals surface area contributed by atoms with Gasteiger partial charge in [0.15, 0.2) is 11.4 Å². The van der Waals surface area contributed by atoms with E-state index in [4.69, 9.17) is 0 Å². The average molecular weight is 701 g/mol. The van der Waals surface area contributed by atoms with E-state index in [0.717, 1.165) is 64.6 Å². The molecule has 232 valence electrons. The fourth-order valence-electron chi connectivity index (χ4n) is 3.93. The van der Waals surface area contributed by atoms with Gasteiger partial charge in [0.2, 0.25) is 0 Å². The van der Waals surface area contributed by atoms with Gasteiger partial charge in [-0.3, -0.25) is 9.59 Å². The van der Waals surface area contributed by atoms with Gasteiger partial charge in [0, 0.05) is 0 Å². The summed E-state index contributed by atoms with van der Waals surface area (Å²) >= 11 is 0. The van der Waals surface area contributed by atoms with Crippen LogP contribution in [0.1, 0.15) is 0 Å². The molecule has 0 radical (unpaired) electrons. The summed E-state index contributed by atoms with van der Waals surface area (Å²) in [4.78, 5) is 47.9. The van der Waals surface area contributed by atoms with Gasteiger partial charge in [0.05, 0.1) is 26.7 Å². The number of carbonyl (C=O) groups is 4. The molecule has 0 saturated carbocycles. The molecule has 0 aliphatic carbocycles. The van der Waals surface area contributed by atoms with Crippen molar-refractivity contribution in [1.82, 2.24) is 0 Å². The normalized spacial score (nSPS) is 17.7. The third-order valence-electron chi connectivity index (χ3n) is 6.03. The molecule has 0 aromatic heterocycles. The minimum Gasteiger partial charge on any atom is -0.744 e. The number of carboxylic acid groups (broad SMARTS) is 2. The van der Waals surface area contributed by atoms with Crippen LogP contribution in [-0.4, -0.2) is 71.3 Å². The molecule has 0 saturated heterocycles. The minimum absolute atomic E-state index is 0. The van der Waals surface area contributed by atoms with Crippen LogP contribution >= 0.6 is 0 Å². The quantitative estimate of drug-likeness (QED) is 0.102. The molecule has 0 bridgehead atoms. The summed E-state index contributed by atoms with van der Waals surface area (Å²) in [5, 5.41) is 28.0. The molecular formula is C27H18N4Na2O12S2. The van der Waals surface area contributed by atoms with Gasteiger partial charge in [-0.25, -0.2) is 26.4 Å². The topological polar surface area (TPSA) is 254 Å². The Hall–Kier alpha value is -3.56. The van der Waals surface area contributed by atoms with E-state index in [0.29, 0.717) is 0 Å². The number of carboxylic acids is 2. The Morgan fingerprint density at radius 3 is 1.64 bits per heavy atom. The fraction of sp³-hybridized carbons (Fsp3) is 0.0370. The van der Waals surface area contributed by atoms with E-state index in [1.807, 2.05) is 0 Å². The van der Waals surface area contributed by atoms with Crippen LogP contribution in [-0.2, 0) is 39.4 Å². The van der Waals surface area contributed by atoms with Gasteiger partial charge in [-0.2, -0.15) is 20.2 Å². The SMILES string of the molecule is O=C(O)C1=NN(c2ccc(S(=O)(=O)[O-])cc2)C(=O)\C1=C/C=C/C=C/C=C/C1C(=O)N(c2ccc(S(=O)(=O)[O-])cc2)N=C1C(=O)O.[Na+].[Na+]. The molecule has 4 rings (SSSR count). The molecule has 2 aromatic rings. The van der Waals surface area contributed by atoms with Gasteiger partial charge in [0.1, 0.15) is 26.2 Å². The Morgan fingerprint density at radius 1 is 0.702 bits per heavy atom. The van der Waals surface area contributed by atoms with Gasteiger partial charge >= 0.3 is 71.1 Å². The van der Waals surface area contributed by atoms with E-state index in [9.17, 15) is 55.3 Å². The van der Waals surface area contributed by atoms with Crippen LogP contribution in [0.4, 0.5) is 11.4 Å². The van der Waals surface area contributed by atoms with Crippen molar-refractivity contribution in [2.24, 2.45) is 16.1 Å². The van der Waals surface area contributed by atoms with Crippen molar-refractivity contribution in [2.75, 3.05) is 10.0 Å². The van der Waals surface area contributed by atoms with Crippen LogP contribution in [0, 0.1) is 5.92 Å². The first-order valence-corrected chi connectivity index (χ1v) is 15.1. The monoisotopic (exact) mass is 700 g/mol. The average Bonchev–Trinajstić information content (AvgIpc) is 3.48. The number of anilines is 2. The predicted molar refractivity (Wildman–Crippen MR) is 153 cm³/mol. The van der Waals surface area contributed by atoms with E-state index < -0.39 is 71.1 Å². The molecule has 2 N–H and O–H groups in total. The van der Waals surface area contributed by atoms with Crippen LogP contribution in [0.3, 0.4) is 0 Å². The third kappa shape index (κ3) is 9.29. The maximum Gasteiger partial charge on any atom is 1.00 e.